The van der Waals surface area contributed by atoms with Gasteiger partial charge in [-0.15, -0.1) is 0 Å². The maximum absolute atomic E-state index is 13.8. The number of hydrogen-bond acceptors (Lipinski definition) is 28. The largest absolute Gasteiger partial charge is 0.490 e. The number of aromatic amines is 2. The van der Waals surface area contributed by atoms with Gasteiger partial charge in [-0.05, 0) is 6.92 Å². The second-order valence-electron chi connectivity index (χ2n) is 17.7. The molecule has 10 unspecified atom stereocenters. The van der Waals surface area contributed by atoms with E-state index in [9.17, 15) is 62.7 Å². The molecule has 0 spiro atoms. The van der Waals surface area contributed by atoms with Gasteiger partial charge in [0.15, 0.2) is 40.6 Å². The Kier molecular flexibility index (Phi) is 16.3. The zero-order valence-electron chi connectivity index (χ0n) is 40.9. The molecule has 3 saturated heterocycles. The lowest BCUT2D eigenvalue weighted by Gasteiger charge is -2.26. The SMILES string of the molecule is CCNc1ncnc2c1ncn2[C@@H]1O[C@H](COP(=O)(O)OP(=O)(O)OP(=O)(O)OC[C@H]2O[C@@H](n3c[n+](C)c4c(=O)[nH]c(N)nc43)C(C)C2CO)C(OP(=O)(O)OC[C@H]2O[C@@H](n3cnc4c(=O)[nH]c(N)nc43)C(O)C2O)C1OC. The third kappa shape index (κ3) is 11.6. The first kappa shape index (κ1) is 57.6. The van der Waals surface area contributed by atoms with Crippen LogP contribution in [0.1, 0.15) is 32.5 Å². The highest BCUT2D eigenvalue weighted by Crippen LogP contribution is 2.68. The second kappa shape index (κ2) is 22.1. The van der Waals surface area contributed by atoms with Gasteiger partial charge < -0.3 is 70.6 Å². The number of aromatic nitrogens is 12. The van der Waals surface area contributed by atoms with Crippen molar-refractivity contribution in [2.45, 2.75) is 75.3 Å². The number of fused-ring (bicyclic) bond motifs is 3. The van der Waals surface area contributed by atoms with Gasteiger partial charge in [0.05, 0.1) is 45.6 Å². The van der Waals surface area contributed by atoms with Gasteiger partial charge in [-0.3, -0.25) is 46.8 Å². The van der Waals surface area contributed by atoms with Gasteiger partial charge in [0.2, 0.25) is 24.5 Å². The number of aliphatic hydroxyl groups is 3. The molecule has 14 N–H and O–H groups in total. The van der Waals surface area contributed by atoms with Gasteiger partial charge in [0, 0.05) is 32.1 Å². The summed E-state index contributed by atoms with van der Waals surface area (Å²) in [6, 6.07) is 0. The number of anilines is 3. The van der Waals surface area contributed by atoms with Crippen molar-refractivity contribution in [2.24, 2.45) is 18.9 Å². The number of phosphoric acid groups is 4. The van der Waals surface area contributed by atoms with Crippen molar-refractivity contribution in [3.05, 3.63) is 46.0 Å². The standard InChI is InChI=1S/C36H51N15O23P4/c1-5-39-26-19-27(41-10-40-26)49(11-42-19)34-25(65-4)24(72-75(57,58)66-8-17-22(53)23(54)33(70-17)50-12-43-20-28(50)44-35(37)46-30(20)55)18(71-34)9-68-77(61,62)74-78(63,64)73-76(59,60)67-7-16-15(6-52)14(2)32(69-16)51-13-48(3)21-29(51)45-36(38)47-31(21)56/h10-18,22-25,32-34,52-54H,5-9H2,1-4H3,(H10-,37,38,39,40,41,44,45,46,47,55,56,57,58,59,60,61,62,63,64)/p+1/t14?,15?,16-,17-,18-,22?,23?,24?,25?,32-,33-,34-/m1/s1. The van der Waals surface area contributed by atoms with E-state index in [2.05, 4.69) is 53.8 Å². The molecule has 3 aliphatic heterocycles. The van der Waals surface area contributed by atoms with Crippen LogP contribution >= 0.6 is 31.3 Å². The summed E-state index contributed by atoms with van der Waals surface area (Å²) in [5.74, 6) is -1.64. The average Bonchev–Trinajstić information content (AvgIpc) is 4.33. The minimum atomic E-state index is -6.15. The Morgan fingerprint density at radius 3 is 1.95 bits per heavy atom. The van der Waals surface area contributed by atoms with Crippen LogP contribution in [0.2, 0.25) is 0 Å². The number of phosphoric ester groups is 3. The van der Waals surface area contributed by atoms with E-state index >= 15 is 0 Å². The molecule has 0 aliphatic carbocycles. The maximum Gasteiger partial charge on any atom is 0.490 e. The fourth-order valence-corrected chi connectivity index (χ4v) is 13.7. The number of nitrogen functional groups attached to an aromatic ring is 2. The molecule has 0 saturated carbocycles. The third-order valence-electron chi connectivity index (χ3n) is 12.7. The zero-order valence-corrected chi connectivity index (χ0v) is 44.4. The van der Waals surface area contributed by atoms with Gasteiger partial charge in [0.25, 0.3) is 16.7 Å². The van der Waals surface area contributed by atoms with Gasteiger partial charge in [-0.25, -0.2) is 42.8 Å². The number of methoxy groups -OCH3 is 1. The zero-order chi connectivity index (χ0) is 56.4. The van der Waals surface area contributed by atoms with Gasteiger partial charge in [-0.1, -0.05) is 6.92 Å². The van der Waals surface area contributed by atoms with Crippen LogP contribution in [0.3, 0.4) is 0 Å². The lowest BCUT2D eigenvalue weighted by molar-refractivity contribution is -0.646. The highest BCUT2D eigenvalue weighted by atomic mass is 31.3. The number of nitrogens with two attached hydrogens (primary N) is 2. The Bertz CT molecular complexity index is 3530. The molecular weight excluding hydrogens is 1130 g/mol. The third-order valence-corrected chi connectivity index (χ3v) is 17.9. The first-order chi connectivity index (χ1) is 36.7. The summed E-state index contributed by atoms with van der Waals surface area (Å²) in [4.78, 5) is 97.3. The summed E-state index contributed by atoms with van der Waals surface area (Å²) in [7, 11) is -20.6. The number of nitrogens with zero attached hydrogens (tertiary/aromatic N) is 10. The molecule has 6 aromatic heterocycles. The number of aliphatic hydroxyl groups excluding tert-OH is 3. The van der Waals surface area contributed by atoms with E-state index in [1.807, 2.05) is 0 Å². The molecule has 42 heteroatoms. The molecule has 428 valence electrons. The lowest BCUT2D eigenvalue weighted by Crippen LogP contribution is -2.38. The summed E-state index contributed by atoms with van der Waals surface area (Å²) in [5, 5.41) is 35.1. The Hall–Kier alpha value is -5.11. The molecule has 16 atom stereocenters. The maximum atomic E-state index is 13.8. The van der Waals surface area contributed by atoms with E-state index < -0.39 is 142 Å². The number of ether oxygens (including phenoxy) is 4. The number of imidazole rings is 3. The normalized spacial score (nSPS) is 29.7. The van der Waals surface area contributed by atoms with Crippen LogP contribution in [0.5, 0.6) is 0 Å². The number of hydrogen-bond donors (Lipinski definition) is 12. The molecule has 9 heterocycles. The van der Waals surface area contributed by atoms with E-state index in [0.29, 0.717) is 12.4 Å². The molecule has 3 aliphatic rings. The smallest absolute Gasteiger partial charge is 0.396 e. The fraction of sp³-hybridized carbons (Fsp3) is 0.583. The first-order valence-electron chi connectivity index (χ1n) is 23.0. The monoisotopic (exact) mass is 1190 g/mol. The van der Waals surface area contributed by atoms with Gasteiger partial charge >= 0.3 is 36.9 Å². The predicted molar refractivity (Wildman–Crippen MR) is 256 cm³/mol. The van der Waals surface area contributed by atoms with Crippen molar-refractivity contribution >= 4 is 82.5 Å². The second-order valence-corrected chi connectivity index (χ2v) is 23.7. The van der Waals surface area contributed by atoms with Gasteiger partial charge in [0.1, 0.15) is 43.0 Å². The van der Waals surface area contributed by atoms with Crippen LogP contribution in [-0.4, -0.2) is 171 Å². The number of rotatable bonds is 22. The van der Waals surface area contributed by atoms with Crippen molar-refractivity contribution in [3.63, 3.8) is 0 Å². The summed E-state index contributed by atoms with van der Waals surface area (Å²) < 4.78 is 111. The van der Waals surface area contributed by atoms with Crippen molar-refractivity contribution in [1.29, 1.82) is 0 Å². The number of H-pyrrole nitrogens is 2. The Morgan fingerprint density at radius 2 is 1.29 bits per heavy atom. The van der Waals surface area contributed by atoms with E-state index in [4.69, 9.17) is 48.5 Å². The van der Waals surface area contributed by atoms with Crippen LogP contribution in [0.15, 0.2) is 34.9 Å². The van der Waals surface area contributed by atoms with Crippen LogP contribution in [0.4, 0.5) is 17.7 Å². The Labute approximate surface area is 435 Å². The number of nitrogens with one attached hydrogen (secondary N) is 3. The molecule has 0 amide bonds. The average molecular weight is 1190 g/mol. The minimum Gasteiger partial charge on any atom is -0.396 e. The minimum absolute atomic E-state index is 0.0971. The molecule has 3 fully saturated rings. The molecule has 6 aromatic rings. The van der Waals surface area contributed by atoms with Gasteiger partial charge in [-0.2, -0.15) is 23.2 Å². The first-order valence-corrected chi connectivity index (χ1v) is 28.9. The van der Waals surface area contributed by atoms with Crippen LogP contribution < -0.4 is 32.5 Å². The lowest BCUT2D eigenvalue weighted by atomic mass is 9.92. The van der Waals surface area contributed by atoms with Crippen molar-refractivity contribution in [2.75, 3.05) is 56.9 Å². The molecule has 0 radical (unpaired) electrons. The summed E-state index contributed by atoms with van der Waals surface area (Å²) >= 11 is 0. The van der Waals surface area contributed by atoms with E-state index in [-0.39, 0.29) is 45.4 Å². The predicted octanol–water partition coefficient (Wildman–Crippen LogP) is -2.34. The van der Waals surface area contributed by atoms with Crippen LogP contribution in [0.25, 0.3) is 33.5 Å². The molecular formula is C36H52N15O23P4+. The summed E-state index contributed by atoms with van der Waals surface area (Å²) in [5.41, 5.74) is 10.4. The van der Waals surface area contributed by atoms with E-state index in [1.54, 1.807) is 20.9 Å². The quantitative estimate of drug-likeness (QED) is 0.0250. The highest BCUT2D eigenvalue weighted by molar-refractivity contribution is 7.66. The molecule has 9 rings (SSSR count). The Balaban J connectivity index is 0.877. The van der Waals surface area contributed by atoms with E-state index in [1.165, 1.54) is 32.7 Å². The van der Waals surface area contributed by atoms with Crippen molar-refractivity contribution in [3.8, 4) is 0 Å². The molecule has 38 nitrogen and oxygen atoms in total. The molecule has 78 heavy (non-hydrogen) atoms. The van der Waals surface area contributed by atoms with Crippen LogP contribution in [-0.2, 0) is 71.0 Å². The van der Waals surface area contributed by atoms with Crippen molar-refractivity contribution < 1.29 is 103 Å². The van der Waals surface area contributed by atoms with Crippen molar-refractivity contribution in [1.82, 2.24) is 53.6 Å². The van der Waals surface area contributed by atoms with E-state index in [0.717, 1.165) is 18.0 Å². The highest BCUT2D eigenvalue weighted by Gasteiger charge is 2.54. The van der Waals surface area contributed by atoms with Crippen LogP contribution in [0, 0.1) is 11.8 Å². The fourth-order valence-electron chi connectivity index (χ4n) is 9.19. The molecule has 0 bridgehead atoms. The summed E-state index contributed by atoms with van der Waals surface area (Å²) in [6.45, 7) is 0.221. The Morgan fingerprint density at radius 1 is 0.718 bits per heavy atom. The number of aryl methyl sites for hydroxylation is 1. The summed E-state index contributed by atoms with van der Waals surface area (Å²) in [6.07, 6.45) is -10.5. The molecule has 0 aromatic carbocycles. The topological polar surface area (TPSA) is 528 Å².